The van der Waals surface area contributed by atoms with Crippen molar-refractivity contribution in [3.8, 4) is 0 Å². The SMILES string of the molecule is CC(=O)OOC(=O)CC(O)(CC(=O)O)C(=O)O. The van der Waals surface area contributed by atoms with E-state index in [9.17, 15) is 24.3 Å². The molecule has 0 aliphatic heterocycles. The van der Waals surface area contributed by atoms with Crippen LogP contribution >= 0.6 is 0 Å². The maximum absolute atomic E-state index is 10.9. The molecule has 1 unspecified atom stereocenters. The summed E-state index contributed by atoms with van der Waals surface area (Å²) in [5.74, 6) is -5.86. The topological polar surface area (TPSA) is 147 Å². The quantitative estimate of drug-likeness (QED) is 0.399. The Morgan fingerprint density at radius 1 is 1.06 bits per heavy atom. The molecule has 9 heteroatoms. The lowest BCUT2D eigenvalue weighted by atomic mass is 9.96. The van der Waals surface area contributed by atoms with E-state index < -0.39 is 42.3 Å². The first-order valence-electron chi connectivity index (χ1n) is 4.23. The Morgan fingerprint density at radius 2 is 1.59 bits per heavy atom. The van der Waals surface area contributed by atoms with Crippen molar-refractivity contribution in [2.75, 3.05) is 0 Å². The lowest BCUT2D eigenvalue weighted by Gasteiger charge is -2.19. The van der Waals surface area contributed by atoms with Crippen molar-refractivity contribution in [1.29, 1.82) is 0 Å². The van der Waals surface area contributed by atoms with Gasteiger partial charge in [-0.3, -0.25) is 4.79 Å². The maximum atomic E-state index is 10.9. The smallest absolute Gasteiger partial charge is 0.359 e. The Bertz CT molecular complexity index is 347. The summed E-state index contributed by atoms with van der Waals surface area (Å²) >= 11 is 0. The highest BCUT2D eigenvalue weighted by Gasteiger charge is 2.42. The van der Waals surface area contributed by atoms with Crippen LogP contribution in [0.1, 0.15) is 19.8 Å². The first-order chi connectivity index (χ1) is 7.67. The molecule has 0 aromatic carbocycles. The van der Waals surface area contributed by atoms with Crippen LogP contribution in [0, 0.1) is 0 Å². The minimum atomic E-state index is -2.82. The molecule has 0 rings (SSSR count). The third-order valence-corrected chi connectivity index (χ3v) is 1.53. The zero-order chi connectivity index (χ0) is 13.6. The molecule has 0 amide bonds. The molecule has 1 atom stereocenters. The summed E-state index contributed by atoms with van der Waals surface area (Å²) in [4.78, 5) is 49.7. The van der Waals surface area contributed by atoms with Crippen LogP contribution in [-0.2, 0) is 29.0 Å². The first kappa shape index (κ1) is 14.8. The Morgan fingerprint density at radius 3 is 1.94 bits per heavy atom. The predicted octanol–water partition coefficient (Wildman–Crippen LogP) is -1.31. The molecule has 0 aliphatic rings. The van der Waals surface area contributed by atoms with E-state index in [4.69, 9.17) is 10.2 Å². The molecule has 9 nitrogen and oxygen atoms in total. The number of hydrogen-bond donors (Lipinski definition) is 3. The van der Waals surface area contributed by atoms with Gasteiger partial charge in [-0.05, 0) is 0 Å². The lowest BCUT2D eigenvalue weighted by molar-refractivity contribution is -0.259. The van der Waals surface area contributed by atoms with E-state index in [2.05, 4.69) is 9.78 Å². The van der Waals surface area contributed by atoms with Gasteiger partial charge in [0.05, 0.1) is 12.8 Å². The standard InChI is InChI=1S/C8H10O9/c1-4(9)16-17-6(12)3-8(15,7(13)14)2-5(10)11/h15H,2-3H2,1H3,(H,10,11)(H,13,14). The molecule has 17 heavy (non-hydrogen) atoms. The lowest BCUT2D eigenvalue weighted by Crippen LogP contribution is -2.43. The zero-order valence-corrected chi connectivity index (χ0v) is 8.71. The second-order valence-electron chi connectivity index (χ2n) is 3.11. The third kappa shape index (κ3) is 5.47. The van der Waals surface area contributed by atoms with Gasteiger partial charge in [-0.25, -0.2) is 24.2 Å². The van der Waals surface area contributed by atoms with Gasteiger partial charge in [-0.1, -0.05) is 0 Å². The van der Waals surface area contributed by atoms with Crippen molar-refractivity contribution in [3.63, 3.8) is 0 Å². The number of hydrogen-bond acceptors (Lipinski definition) is 7. The van der Waals surface area contributed by atoms with Crippen LogP contribution in [0.3, 0.4) is 0 Å². The fourth-order valence-corrected chi connectivity index (χ4v) is 0.837. The Labute approximate surface area is 94.5 Å². The van der Waals surface area contributed by atoms with Crippen LogP contribution in [0.5, 0.6) is 0 Å². The number of aliphatic hydroxyl groups is 1. The molecule has 0 radical (unpaired) electrons. The van der Waals surface area contributed by atoms with Crippen LogP contribution in [0.15, 0.2) is 0 Å². The second kappa shape index (κ2) is 5.80. The molecule has 0 fully saturated rings. The van der Waals surface area contributed by atoms with Gasteiger partial charge in [0.2, 0.25) is 0 Å². The van der Waals surface area contributed by atoms with Gasteiger partial charge >= 0.3 is 23.9 Å². The highest BCUT2D eigenvalue weighted by Crippen LogP contribution is 2.17. The van der Waals surface area contributed by atoms with Crippen LogP contribution in [0.25, 0.3) is 0 Å². The molecule has 0 aliphatic carbocycles. The molecular formula is C8H10O9. The van der Waals surface area contributed by atoms with E-state index in [1.165, 1.54) is 0 Å². The van der Waals surface area contributed by atoms with Gasteiger partial charge in [0, 0.05) is 6.92 Å². The average molecular weight is 250 g/mol. The van der Waals surface area contributed by atoms with Crippen molar-refractivity contribution >= 4 is 23.9 Å². The number of rotatable bonds is 5. The second-order valence-corrected chi connectivity index (χ2v) is 3.11. The van der Waals surface area contributed by atoms with Crippen LogP contribution in [-0.4, -0.2) is 44.8 Å². The zero-order valence-electron chi connectivity index (χ0n) is 8.71. The van der Waals surface area contributed by atoms with E-state index in [1.807, 2.05) is 0 Å². The van der Waals surface area contributed by atoms with Crippen molar-refractivity contribution < 1.29 is 44.3 Å². The highest BCUT2D eigenvalue weighted by atomic mass is 17.2. The van der Waals surface area contributed by atoms with Crippen LogP contribution in [0.2, 0.25) is 0 Å². The van der Waals surface area contributed by atoms with E-state index in [-0.39, 0.29) is 0 Å². The molecular weight excluding hydrogens is 240 g/mol. The summed E-state index contributed by atoms with van der Waals surface area (Å²) in [5, 5.41) is 26.3. The van der Waals surface area contributed by atoms with E-state index in [1.54, 1.807) is 0 Å². The monoisotopic (exact) mass is 250 g/mol. The number of carboxylic acid groups (broad SMARTS) is 2. The molecule has 0 spiro atoms. The molecule has 0 aromatic rings. The Kier molecular flexibility index (Phi) is 5.06. The predicted molar refractivity (Wildman–Crippen MR) is 47.3 cm³/mol. The summed E-state index contributed by atoms with van der Waals surface area (Å²) < 4.78 is 0. The van der Waals surface area contributed by atoms with Gasteiger partial charge in [-0.2, -0.15) is 0 Å². The van der Waals surface area contributed by atoms with Crippen LogP contribution < -0.4 is 0 Å². The minimum Gasteiger partial charge on any atom is -0.481 e. The molecule has 96 valence electrons. The van der Waals surface area contributed by atoms with Gasteiger partial charge in [-0.15, -0.1) is 0 Å². The van der Waals surface area contributed by atoms with Crippen molar-refractivity contribution in [3.05, 3.63) is 0 Å². The number of carboxylic acids is 2. The Hall–Kier alpha value is -2.16. The summed E-state index contributed by atoms with van der Waals surface area (Å²) in [5.41, 5.74) is -2.82. The van der Waals surface area contributed by atoms with Crippen molar-refractivity contribution in [1.82, 2.24) is 0 Å². The van der Waals surface area contributed by atoms with E-state index >= 15 is 0 Å². The summed E-state index contributed by atoms with van der Waals surface area (Å²) in [6, 6.07) is 0. The Balaban J connectivity index is 4.54. The molecule has 0 saturated heterocycles. The molecule has 0 bridgehead atoms. The average Bonchev–Trinajstić information content (AvgIpc) is 2.12. The van der Waals surface area contributed by atoms with Crippen molar-refractivity contribution in [2.45, 2.75) is 25.4 Å². The normalized spacial score (nSPS) is 13.3. The largest absolute Gasteiger partial charge is 0.481 e. The van der Waals surface area contributed by atoms with Crippen LogP contribution in [0.4, 0.5) is 0 Å². The summed E-state index contributed by atoms with van der Waals surface area (Å²) in [6.07, 6.45) is -2.36. The molecule has 0 saturated carbocycles. The maximum Gasteiger partial charge on any atom is 0.359 e. The highest BCUT2D eigenvalue weighted by molar-refractivity contribution is 5.88. The number of carbonyl (C=O) groups excluding carboxylic acids is 2. The molecule has 0 aromatic heterocycles. The van der Waals surface area contributed by atoms with E-state index in [0.29, 0.717) is 0 Å². The van der Waals surface area contributed by atoms with Crippen molar-refractivity contribution in [2.24, 2.45) is 0 Å². The van der Waals surface area contributed by atoms with Gasteiger partial charge < -0.3 is 15.3 Å². The van der Waals surface area contributed by atoms with Gasteiger partial charge in [0.25, 0.3) is 0 Å². The van der Waals surface area contributed by atoms with E-state index in [0.717, 1.165) is 6.92 Å². The fourth-order valence-electron chi connectivity index (χ4n) is 0.837. The summed E-state index contributed by atoms with van der Waals surface area (Å²) in [7, 11) is 0. The van der Waals surface area contributed by atoms with Gasteiger partial charge in [0.15, 0.2) is 5.60 Å². The van der Waals surface area contributed by atoms with Gasteiger partial charge in [0.1, 0.15) is 0 Å². The number of aliphatic carboxylic acids is 2. The minimum absolute atomic E-state index is 0.925. The molecule has 3 N–H and O–H groups in total. The fraction of sp³-hybridized carbons (Fsp3) is 0.500. The number of carbonyl (C=O) groups is 4. The first-order valence-corrected chi connectivity index (χ1v) is 4.23. The molecule has 0 heterocycles. The third-order valence-electron chi connectivity index (χ3n) is 1.53. The summed E-state index contributed by atoms with van der Waals surface area (Å²) in [6.45, 7) is 0.925.